The van der Waals surface area contributed by atoms with Gasteiger partial charge in [0.1, 0.15) is 0 Å². The van der Waals surface area contributed by atoms with Gasteiger partial charge in [0.2, 0.25) is 16.4 Å². The zero-order chi connectivity index (χ0) is 29.6. The number of carbonyl (C=O) groups excluding carboxylic acids is 2. The van der Waals surface area contributed by atoms with E-state index < -0.39 is 15.6 Å². The number of nitriles is 1. The van der Waals surface area contributed by atoms with Gasteiger partial charge in [-0.15, -0.1) is 0 Å². The van der Waals surface area contributed by atoms with Gasteiger partial charge in [-0.3, -0.25) is 14.3 Å². The number of likely N-dealkylation sites (tertiary alicyclic amines) is 1. The molecule has 2 aromatic carbocycles. The molecule has 0 bridgehead atoms. The Labute approximate surface area is 240 Å². The summed E-state index contributed by atoms with van der Waals surface area (Å²) in [6.07, 6.45) is 5.01. The van der Waals surface area contributed by atoms with Crippen LogP contribution in [0, 0.1) is 18.3 Å². The third kappa shape index (κ3) is 6.16. The molecule has 0 atom stereocenters. The van der Waals surface area contributed by atoms with Crippen molar-refractivity contribution in [3.63, 3.8) is 0 Å². The maximum atomic E-state index is 13.1. The van der Waals surface area contributed by atoms with E-state index in [-0.39, 0.29) is 17.2 Å². The lowest BCUT2D eigenvalue weighted by molar-refractivity contribution is -0.108. The standard InChI is InChI=1S/C29H33N7O4S/c1-22-26(13-18-31-21-37)36(33-27(22)32-24-9-11-25(12-10-24)41(39,40)34(2)3)29(14-17-30)15-19-35(20-16-29)28(38)23-7-5-4-6-8-23/h4-13,18,21H,14-16,19-20H2,1-3H3,(H,31,37)(H,32,33)/b18-13-. The first kappa shape index (κ1) is 29.5. The minimum absolute atomic E-state index is 0.0508. The summed E-state index contributed by atoms with van der Waals surface area (Å²) in [4.78, 5) is 25.9. The van der Waals surface area contributed by atoms with Gasteiger partial charge in [0.05, 0.1) is 28.6 Å². The maximum Gasteiger partial charge on any atom is 0.253 e. The highest BCUT2D eigenvalue weighted by Crippen LogP contribution is 2.38. The van der Waals surface area contributed by atoms with Crippen LogP contribution < -0.4 is 10.6 Å². The van der Waals surface area contributed by atoms with Crippen LogP contribution in [0.2, 0.25) is 0 Å². The van der Waals surface area contributed by atoms with Crippen molar-refractivity contribution in [3.05, 3.63) is 77.6 Å². The molecule has 1 aromatic heterocycles. The van der Waals surface area contributed by atoms with E-state index in [9.17, 15) is 23.3 Å². The van der Waals surface area contributed by atoms with E-state index in [1.807, 2.05) is 29.8 Å². The van der Waals surface area contributed by atoms with Gasteiger partial charge in [-0.25, -0.2) is 12.7 Å². The molecule has 2 amide bonds. The number of nitrogens with one attached hydrogen (secondary N) is 2. The van der Waals surface area contributed by atoms with Gasteiger partial charge in [0, 0.05) is 50.2 Å². The molecule has 3 aromatic rings. The van der Waals surface area contributed by atoms with Crippen molar-refractivity contribution < 1.29 is 18.0 Å². The Balaban J connectivity index is 1.66. The fourth-order valence-corrected chi connectivity index (χ4v) is 5.81. The Bertz CT molecular complexity index is 1570. The predicted molar refractivity (Wildman–Crippen MR) is 156 cm³/mol. The van der Waals surface area contributed by atoms with Crippen LogP contribution in [0.5, 0.6) is 0 Å². The third-order valence-electron chi connectivity index (χ3n) is 7.33. The highest BCUT2D eigenvalue weighted by atomic mass is 32.2. The highest BCUT2D eigenvalue weighted by Gasteiger charge is 2.40. The van der Waals surface area contributed by atoms with Crippen LogP contribution >= 0.6 is 0 Å². The number of amides is 2. The first-order chi connectivity index (χ1) is 19.6. The van der Waals surface area contributed by atoms with Crippen LogP contribution in [0.4, 0.5) is 11.5 Å². The Kier molecular flexibility index (Phi) is 8.90. The average molecular weight is 576 g/mol. The van der Waals surface area contributed by atoms with Crippen molar-refractivity contribution in [2.75, 3.05) is 32.5 Å². The molecule has 1 fully saturated rings. The monoisotopic (exact) mass is 575 g/mol. The molecule has 214 valence electrons. The smallest absolute Gasteiger partial charge is 0.253 e. The Morgan fingerprint density at radius 1 is 1.12 bits per heavy atom. The van der Waals surface area contributed by atoms with E-state index in [0.29, 0.717) is 55.1 Å². The molecule has 12 heteroatoms. The third-order valence-corrected chi connectivity index (χ3v) is 9.16. The van der Waals surface area contributed by atoms with Gasteiger partial charge >= 0.3 is 0 Å². The lowest BCUT2D eigenvalue weighted by atomic mass is 9.84. The molecular formula is C29H33N7O4S. The van der Waals surface area contributed by atoms with Gasteiger partial charge in [-0.1, -0.05) is 18.2 Å². The Hall–Kier alpha value is -4.47. The largest absolute Gasteiger partial charge is 0.339 e. The molecule has 1 saturated heterocycles. The number of piperidine rings is 1. The summed E-state index contributed by atoms with van der Waals surface area (Å²) in [6, 6.07) is 17.8. The number of rotatable bonds is 10. The summed E-state index contributed by atoms with van der Waals surface area (Å²) in [5.41, 5.74) is 2.05. The number of anilines is 2. The zero-order valence-electron chi connectivity index (χ0n) is 23.2. The number of hydrogen-bond acceptors (Lipinski definition) is 7. The first-order valence-corrected chi connectivity index (χ1v) is 14.5. The fraction of sp³-hybridized carbons (Fsp3) is 0.310. The second-order valence-corrected chi connectivity index (χ2v) is 12.2. The Morgan fingerprint density at radius 3 is 2.37 bits per heavy atom. The van der Waals surface area contributed by atoms with Crippen LogP contribution in [0.25, 0.3) is 6.08 Å². The number of hydrogen-bond donors (Lipinski definition) is 2. The van der Waals surface area contributed by atoms with Crippen molar-refractivity contribution >= 4 is 39.9 Å². The van der Waals surface area contributed by atoms with Crippen LogP contribution in [0.1, 0.15) is 40.9 Å². The van der Waals surface area contributed by atoms with E-state index in [1.54, 1.807) is 35.2 Å². The summed E-state index contributed by atoms with van der Waals surface area (Å²) >= 11 is 0. The van der Waals surface area contributed by atoms with Crippen LogP contribution in [0.15, 0.2) is 65.7 Å². The molecule has 0 unspecified atom stereocenters. The van der Waals surface area contributed by atoms with Gasteiger partial charge in [-0.2, -0.15) is 10.4 Å². The van der Waals surface area contributed by atoms with Gasteiger partial charge in [-0.05, 0) is 62.2 Å². The number of nitrogens with zero attached hydrogens (tertiary/aromatic N) is 5. The maximum absolute atomic E-state index is 13.1. The van der Waals surface area contributed by atoms with Crippen LogP contribution in [0.3, 0.4) is 0 Å². The molecule has 1 aliphatic heterocycles. The lowest BCUT2D eigenvalue weighted by Crippen LogP contribution is -2.48. The average Bonchev–Trinajstić information content (AvgIpc) is 3.29. The van der Waals surface area contributed by atoms with Gasteiger partial charge in [0.25, 0.3) is 5.91 Å². The molecule has 2 heterocycles. The minimum Gasteiger partial charge on any atom is -0.339 e. The minimum atomic E-state index is -3.56. The molecule has 0 aliphatic carbocycles. The van der Waals surface area contributed by atoms with Crippen molar-refractivity contribution in [3.8, 4) is 6.07 Å². The molecule has 1 aliphatic rings. The molecule has 11 nitrogen and oxygen atoms in total. The molecular weight excluding hydrogens is 542 g/mol. The Morgan fingerprint density at radius 2 is 1.78 bits per heavy atom. The summed E-state index contributed by atoms with van der Waals surface area (Å²) in [7, 11) is -0.610. The van der Waals surface area contributed by atoms with E-state index in [2.05, 4.69) is 16.7 Å². The van der Waals surface area contributed by atoms with Crippen molar-refractivity contribution in [1.29, 1.82) is 5.26 Å². The quantitative estimate of drug-likeness (QED) is 0.353. The van der Waals surface area contributed by atoms with Crippen molar-refractivity contribution in [2.24, 2.45) is 0 Å². The summed E-state index contributed by atoms with van der Waals surface area (Å²) in [5, 5.41) is 20.5. The fourth-order valence-electron chi connectivity index (χ4n) is 4.91. The van der Waals surface area contributed by atoms with E-state index in [1.165, 1.54) is 32.4 Å². The molecule has 0 spiro atoms. The first-order valence-electron chi connectivity index (χ1n) is 13.1. The number of benzene rings is 2. The molecule has 4 rings (SSSR count). The predicted octanol–water partition coefficient (Wildman–Crippen LogP) is 3.45. The SMILES string of the molecule is Cc1c(Nc2ccc(S(=O)(=O)N(C)C)cc2)nn(C2(CC#N)CCN(C(=O)c3ccccc3)CC2)c1/C=C\NC=O. The molecule has 2 N–H and O–H groups in total. The highest BCUT2D eigenvalue weighted by molar-refractivity contribution is 7.89. The molecule has 0 saturated carbocycles. The second-order valence-electron chi connectivity index (χ2n) is 10.0. The number of aromatic nitrogens is 2. The summed E-state index contributed by atoms with van der Waals surface area (Å²) < 4.78 is 27.9. The number of carbonyl (C=O) groups is 2. The second kappa shape index (κ2) is 12.4. The van der Waals surface area contributed by atoms with Crippen molar-refractivity contribution in [2.45, 2.75) is 36.6 Å². The topological polar surface area (TPSA) is 140 Å². The van der Waals surface area contributed by atoms with Gasteiger partial charge in [0.15, 0.2) is 5.82 Å². The van der Waals surface area contributed by atoms with Gasteiger partial charge < -0.3 is 15.5 Å². The number of sulfonamides is 1. The van der Waals surface area contributed by atoms with E-state index in [4.69, 9.17) is 5.10 Å². The lowest BCUT2D eigenvalue weighted by Gasteiger charge is -2.41. The molecule has 41 heavy (non-hydrogen) atoms. The molecule has 0 radical (unpaired) electrons. The normalized spacial score (nSPS) is 15.0. The van der Waals surface area contributed by atoms with E-state index in [0.717, 1.165) is 9.87 Å². The van der Waals surface area contributed by atoms with E-state index >= 15 is 0 Å². The summed E-state index contributed by atoms with van der Waals surface area (Å²) in [6.45, 7) is 2.79. The van der Waals surface area contributed by atoms with Crippen LogP contribution in [-0.2, 0) is 20.4 Å². The van der Waals surface area contributed by atoms with Crippen LogP contribution in [-0.4, -0.2) is 66.9 Å². The zero-order valence-corrected chi connectivity index (χ0v) is 24.1. The van der Waals surface area contributed by atoms with Crippen molar-refractivity contribution in [1.82, 2.24) is 24.3 Å². The summed E-state index contributed by atoms with van der Waals surface area (Å²) in [5.74, 6) is 0.476.